The van der Waals surface area contributed by atoms with Gasteiger partial charge >= 0.3 is 0 Å². The van der Waals surface area contributed by atoms with E-state index in [-0.39, 0.29) is 10.7 Å². The largest absolute Gasteiger partial charge is 0.385 e. The molecule has 0 unspecified atom stereocenters. The Morgan fingerprint density at radius 1 is 1.33 bits per heavy atom. The minimum absolute atomic E-state index is 0.0567. The standard InChI is InChI=1S/C16H27N3OS/c1-6-16(7-2,21-5)11-19-15(20)13-10-18-12(4)9-14(13)17-8-3/h9-10H,6-8,11H2,1-5H3,(H,17,18)(H,19,20). The molecule has 1 rings (SSSR count). The summed E-state index contributed by atoms with van der Waals surface area (Å²) in [6.07, 6.45) is 5.84. The number of hydrogen-bond acceptors (Lipinski definition) is 4. The molecular weight excluding hydrogens is 282 g/mol. The Bertz CT molecular complexity index is 464. The van der Waals surface area contributed by atoms with Crippen LogP contribution in [0.25, 0.3) is 0 Å². The average Bonchev–Trinajstić information content (AvgIpc) is 2.49. The van der Waals surface area contributed by atoms with Crippen molar-refractivity contribution in [3.05, 3.63) is 23.5 Å². The van der Waals surface area contributed by atoms with Gasteiger partial charge in [-0.2, -0.15) is 11.8 Å². The van der Waals surface area contributed by atoms with Gasteiger partial charge in [-0.25, -0.2) is 0 Å². The van der Waals surface area contributed by atoms with Crippen molar-refractivity contribution in [1.29, 1.82) is 0 Å². The van der Waals surface area contributed by atoms with E-state index in [2.05, 4.69) is 35.7 Å². The number of thioether (sulfide) groups is 1. The molecule has 4 nitrogen and oxygen atoms in total. The molecule has 0 aliphatic carbocycles. The number of aryl methyl sites for hydroxylation is 1. The van der Waals surface area contributed by atoms with Crippen molar-refractivity contribution in [1.82, 2.24) is 10.3 Å². The SMILES string of the molecule is CCNc1cc(C)ncc1C(=O)NCC(CC)(CC)SC. The van der Waals surface area contributed by atoms with Gasteiger partial charge < -0.3 is 10.6 Å². The van der Waals surface area contributed by atoms with Gasteiger partial charge in [0.25, 0.3) is 5.91 Å². The number of amides is 1. The molecule has 2 N–H and O–H groups in total. The van der Waals surface area contributed by atoms with Gasteiger partial charge in [-0.3, -0.25) is 9.78 Å². The molecule has 0 bridgehead atoms. The number of hydrogen-bond donors (Lipinski definition) is 2. The average molecular weight is 309 g/mol. The van der Waals surface area contributed by atoms with Crippen molar-refractivity contribution in [2.45, 2.75) is 45.3 Å². The summed E-state index contributed by atoms with van der Waals surface area (Å²) in [7, 11) is 0. The highest BCUT2D eigenvalue weighted by molar-refractivity contribution is 8.00. The number of aromatic nitrogens is 1. The van der Waals surface area contributed by atoms with E-state index >= 15 is 0 Å². The lowest BCUT2D eigenvalue weighted by Crippen LogP contribution is -2.39. The number of carbonyl (C=O) groups excluding carboxylic acids is 1. The fraction of sp³-hybridized carbons (Fsp3) is 0.625. The number of rotatable bonds is 8. The monoisotopic (exact) mass is 309 g/mol. The lowest BCUT2D eigenvalue weighted by Gasteiger charge is -2.29. The summed E-state index contributed by atoms with van der Waals surface area (Å²) in [5.41, 5.74) is 2.37. The van der Waals surface area contributed by atoms with Crippen LogP contribution in [-0.4, -0.2) is 35.0 Å². The summed E-state index contributed by atoms with van der Waals surface area (Å²) in [6, 6.07) is 1.92. The molecule has 0 aromatic carbocycles. The van der Waals surface area contributed by atoms with Crippen LogP contribution in [0.3, 0.4) is 0 Å². The van der Waals surface area contributed by atoms with Gasteiger partial charge in [0.05, 0.1) is 11.3 Å². The fourth-order valence-corrected chi connectivity index (χ4v) is 3.07. The minimum Gasteiger partial charge on any atom is -0.385 e. The van der Waals surface area contributed by atoms with Gasteiger partial charge in [-0.1, -0.05) is 13.8 Å². The highest BCUT2D eigenvalue weighted by Gasteiger charge is 2.26. The first-order valence-electron chi connectivity index (χ1n) is 7.55. The second kappa shape index (κ2) is 8.27. The molecule has 0 saturated heterocycles. The lowest BCUT2D eigenvalue weighted by molar-refractivity contribution is 0.0949. The summed E-state index contributed by atoms with van der Waals surface area (Å²) >= 11 is 1.83. The van der Waals surface area contributed by atoms with Crippen molar-refractivity contribution in [3.63, 3.8) is 0 Å². The van der Waals surface area contributed by atoms with Crippen LogP contribution in [0.4, 0.5) is 5.69 Å². The molecule has 0 fully saturated rings. The zero-order valence-corrected chi connectivity index (χ0v) is 14.6. The van der Waals surface area contributed by atoms with Crippen molar-refractivity contribution >= 4 is 23.4 Å². The van der Waals surface area contributed by atoms with Crippen molar-refractivity contribution in [2.24, 2.45) is 0 Å². The summed E-state index contributed by atoms with van der Waals surface area (Å²) < 4.78 is 0.117. The topological polar surface area (TPSA) is 54.0 Å². The Hall–Kier alpha value is -1.23. The van der Waals surface area contributed by atoms with Crippen LogP contribution >= 0.6 is 11.8 Å². The first-order chi connectivity index (χ1) is 10.0. The van der Waals surface area contributed by atoms with E-state index < -0.39 is 0 Å². The van der Waals surface area contributed by atoms with Gasteiger partial charge in [-0.05, 0) is 39.0 Å². The summed E-state index contributed by atoms with van der Waals surface area (Å²) in [6.45, 7) is 9.74. The maximum Gasteiger partial charge on any atom is 0.255 e. The minimum atomic E-state index is -0.0567. The molecule has 0 radical (unpaired) electrons. The van der Waals surface area contributed by atoms with Gasteiger partial charge in [0.2, 0.25) is 0 Å². The number of nitrogens with one attached hydrogen (secondary N) is 2. The molecule has 1 amide bonds. The highest BCUT2D eigenvalue weighted by atomic mass is 32.2. The van der Waals surface area contributed by atoms with E-state index in [0.29, 0.717) is 12.1 Å². The number of pyridine rings is 1. The van der Waals surface area contributed by atoms with Crippen LogP contribution in [0.5, 0.6) is 0 Å². The van der Waals surface area contributed by atoms with Crippen LogP contribution in [0, 0.1) is 6.92 Å². The molecule has 0 aliphatic heterocycles. The second-order valence-electron chi connectivity index (χ2n) is 5.18. The molecule has 5 heteroatoms. The predicted octanol–water partition coefficient (Wildman–Crippen LogP) is 3.47. The van der Waals surface area contributed by atoms with E-state index in [4.69, 9.17) is 0 Å². The highest BCUT2D eigenvalue weighted by Crippen LogP contribution is 2.29. The molecule has 1 heterocycles. The third-order valence-corrected chi connectivity index (χ3v) is 5.53. The van der Waals surface area contributed by atoms with Gasteiger partial charge in [-0.15, -0.1) is 0 Å². The Kier molecular flexibility index (Phi) is 7.02. The molecule has 0 aliphatic rings. The van der Waals surface area contributed by atoms with Crippen molar-refractivity contribution in [3.8, 4) is 0 Å². The van der Waals surface area contributed by atoms with Crippen LogP contribution in [-0.2, 0) is 0 Å². The summed E-state index contributed by atoms with van der Waals surface area (Å²) in [5.74, 6) is -0.0567. The molecule has 0 saturated carbocycles. The Labute approximate surface area is 132 Å². The number of anilines is 1. The van der Waals surface area contributed by atoms with Crippen LogP contribution in [0.15, 0.2) is 12.3 Å². The van der Waals surface area contributed by atoms with E-state index in [1.165, 1.54) is 0 Å². The lowest BCUT2D eigenvalue weighted by atomic mass is 10.0. The van der Waals surface area contributed by atoms with Crippen molar-refractivity contribution in [2.75, 3.05) is 24.7 Å². The van der Waals surface area contributed by atoms with Gasteiger partial charge in [0.1, 0.15) is 0 Å². The maximum absolute atomic E-state index is 12.4. The van der Waals surface area contributed by atoms with Crippen LogP contribution in [0.1, 0.15) is 49.7 Å². The zero-order chi connectivity index (χ0) is 15.9. The fourth-order valence-electron chi connectivity index (χ4n) is 2.27. The first kappa shape index (κ1) is 17.8. The van der Waals surface area contributed by atoms with Gasteiger partial charge in [0.15, 0.2) is 0 Å². The van der Waals surface area contributed by atoms with Crippen LogP contribution < -0.4 is 10.6 Å². The van der Waals surface area contributed by atoms with Crippen molar-refractivity contribution < 1.29 is 4.79 Å². The normalized spacial score (nSPS) is 11.3. The molecule has 0 atom stereocenters. The van der Waals surface area contributed by atoms with Gasteiger partial charge in [0, 0.05) is 29.7 Å². The van der Waals surface area contributed by atoms with E-state index in [0.717, 1.165) is 30.8 Å². The number of carbonyl (C=O) groups is 1. The summed E-state index contributed by atoms with van der Waals surface area (Å²) in [4.78, 5) is 16.7. The maximum atomic E-state index is 12.4. The third-order valence-electron chi connectivity index (χ3n) is 3.95. The molecule has 118 valence electrons. The molecule has 21 heavy (non-hydrogen) atoms. The van der Waals surface area contributed by atoms with Crippen LogP contribution in [0.2, 0.25) is 0 Å². The Morgan fingerprint density at radius 3 is 2.52 bits per heavy atom. The second-order valence-corrected chi connectivity index (χ2v) is 6.45. The summed E-state index contributed by atoms with van der Waals surface area (Å²) in [5, 5.41) is 6.30. The molecule has 1 aromatic heterocycles. The van der Waals surface area contributed by atoms with E-state index in [9.17, 15) is 4.79 Å². The Morgan fingerprint density at radius 2 is 2.00 bits per heavy atom. The number of nitrogens with zero attached hydrogens (tertiary/aromatic N) is 1. The molecule has 0 spiro atoms. The van der Waals surface area contributed by atoms with E-state index in [1.807, 2.05) is 31.7 Å². The first-order valence-corrected chi connectivity index (χ1v) is 8.78. The Balaban J connectivity index is 2.84. The zero-order valence-electron chi connectivity index (χ0n) is 13.7. The molecular formula is C16H27N3OS. The van der Waals surface area contributed by atoms with E-state index in [1.54, 1.807) is 6.20 Å². The molecule has 1 aromatic rings. The quantitative estimate of drug-likeness (QED) is 0.772. The third kappa shape index (κ3) is 4.63. The predicted molar refractivity (Wildman–Crippen MR) is 92.3 cm³/mol. The smallest absolute Gasteiger partial charge is 0.255 e.